The van der Waals surface area contributed by atoms with Crippen molar-refractivity contribution in [2.24, 2.45) is 0 Å². The summed E-state index contributed by atoms with van der Waals surface area (Å²) < 4.78 is 26.3. The van der Waals surface area contributed by atoms with Crippen LogP contribution in [0.4, 0.5) is 0 Å². The topological polar surface area (TPSA) is 52.7 Å². The van der Waals surface area contributed by atoms with Gasteiger partial charge < -0.3 is 5.32 Å². The van der Waals surface area contributed by atoms with Crippen molar-refractivity contribution in [1.82, 2.24) is 14.5 Å². The molecule has 0 saturated carbocycles. The first kappa shape index (κ1) is 15.9. The van der Waals surface area contributed by atoms with Gasteiger partial charge in [-0.2, -0.15) is 4.31 Å². The summed E-state index contributed by atoms with van der Waals surface area (Å²) in [5, 5.41) is 5.25. The average Bonchev–Trinajstić information content (AvgIpc) is 2.99. The Morgan fingerprint density at radius 2 is 2.15 bits per heavy atom. The highest BCUT2D eigenvalue weighted by Crippen LogP contribution is 2.25. The fourth-order valence-corrected chi connectivity index (χ4v) is 4.54. The summed E-state index contributed by atoms with van der Waals surface area (Å²) in [5.41, 5.74) is 0. The van der Waals surface area contributed by atoms with Crippen molar-refractivity contribution >= 4 is 21.4 Å². The summed E-state index contributed by atoms with van der Waals surface area (Å²) in [6.45, 7) is 6.31. The molecule has 0 radical (unpaired) electrons. The molecule has 0 aromatic carbocycles. The lowest BCUT2D eigenvalue weighted by Crippen LogP contribution is -2.46. The van der Waals surface area contributed by atoms with Gasteiger partial charge in [-0.1, -0.05) is 6.07 Å². The Bertz CT molecular complexity index is 496. The number of piperazine rings is 1. The van der Waals surface area contributed by atoms with Crippen LogP contribution in [0.1, 0.15) is 17.8 Å². The molecule has 1 saturated heterocycles. The van der Waals surface area contributed by atoms with E-state index in [9.17, 15) is 8.42 Å². The molecule has 5 nitrogen and oxygen atoms in total. The van der Waals surface area contributed by atoms with Crippen LogP contribution in [-0.2, 0) is 10.0 Å². The van der Waals surface area contributed by atoms with Crippen LogP contribution in [0.5, 0.6) is 0 Å². The van der Waals surface area contributed by atoms with Gasteiger partial charge in [-0.15, -0.1) is 11.3 Å². The molecule has 0 bridgehead atoms. The van der Waals surface area contributed by atoms with Crippen LogP contribution in [0, 0.1) is 0 Å². The molecule has 7 heteroatoms. The van der Waals surface area contributed by atoms with E-state index in [4.69, 9.17) is 0 Å². The number of rotatable bonds is 6. The lowest BCUT2D eigenvalue weighted by Gasteiger charge is -2.29. The normalized spacial score (nSPS) is 19.4. The van der Waals surface area contributed by atoms with Gasteiger partial charge >= 0.3 is 0 Å². The molecule has 114 valence electrons. The van der Waals surface area contributed by atoms with E-state index in [0.717, 1.165) is 31.1 Å². The molecule has 1 N–H and O–H groups in total. The molecule has 1 unspecified atom stereocenters. The minimum Gasteiger partial charge on any atom is -0.314 e. The fraction of sp³-hybridized carbons (Fsp3) is 0.692. The third kappa shape index (κ3) is 4.02. The second-order valence-electron chi connectivity index (χ2n) is 5.12. The largest absolute Gasteiger partial charge is 0.314 e. The van der Waals surface area contributed by atoms with Crippen molar-refractivity contribution in [3.8, 4) is 0 Å². The second-order valence-corrected chi connectivity index (χ2v) is 8.24. The van der Waals surface area contributed by atoms with Gasteiger partial charge in [0.25, 0.3) is 0 Å². The molecular weight excluding hydrogens is 294 g/mol. The maximum Gasteiger partial charge on any atom is 0.215 e. The number of nitrogens with zero attached hydrogens (tertiary/aromatic N) is 2. The zero-order valence-corrected chi connectivity index (χ0v) is 13.7. The monoisotopic (exact) mass is 317 g/mol. The lowest BCUT2D eigenvalue weighted by molar-refractivity contribution is 0.252. The van der Waals surface area contributed by atoms with Gasteiger partial charge in [0.15, 0.2) is 0 Å². The molecule has 0 aliphatic carbocycles. The summed E-state index contributed by atoms with van der Waals surface area (Å²) in [7, 11) is -1.53. The van der Waals surface area contributed by atoms with Crippen molar-refractivity contribution < 1.29 is 8.42 Å². The quantitative estimate of drug-likeness (QED) is 0.850. The summed E-state index contributed by atoms with van der Waals surface area (Å²) in [4.78, 5) is 3.29. The predicted molar refractivity (Wildman–Crippen MR) is 83.6 cm³/mol. The molecular formula is C13H23N3O2S2. The highest BCUT2D eigenvalue weighted by molar-refractivity contribution is 7.89. The van der Waals surface area contributed by atoms with E-state index in [1.165, 1.54) is 4.31 Å². The Morgan fingerprint density at radius 3 is 2.75 bits per heavy atom. The minimum atomic E-state index is -3.21. The van der Waals surface area contributed by atoms with Crippen LogP contribution in [0.25, 0.3) is 0 Å². The van der Waals surface area contributed by atoms with Crippen LogP contribution in [-0.4, -0.2) is 63.1 Å². The first-order valence-corrected chi connectivity index (χ1v) is 9.42. The van der Waals surface area contributed by atoms with Crippen LogP contribution in [0.2, 0.25) is 0 Å². The fourth-order valence-electron chi connectivity index (χ4n) is 2.27. The van der Waals surface area contributed by atoms with E-state index in [1.54, 1.807) is 18.4 Å². The SMILES string of the molecule is CC(c1cccs1)N(C)S(=O)(=O)CCN1CCNCC1. The Labute approximate surface area is 125 Å². The minimum absolute atomic E-state index is 0.0944. The van der Waals surface area contributed by atoms with Crippen molar-refractivity contribution in [3.63, 3.8) is 0 Å². The first-order chi connectivity index (χ1) is 9.50. The number of sulfonamides is 1. The van der Waals surface area contributed by atoms with Gasteiger partial charge in [-0.05, 0) is 18.4 Å². The Balaban J connectivity index is 1.91. The van der Waals surface area contributed by atoms with E-state index < -0.39 is 10.0 Å². The van der Waals surface area contributed by atoms with Gasteiger partial charge in [-0.25, -0.2) is 8.42 Å². The van der Waals surface area contributed by atoms with Gasteiger partial charge in [0, 0.05) is 44.6 Å². The number of thiophene rings is 1. The number of hydrogen-bond acceptors (Lipinski definition) is 5. The average molecular weight is 317 g/mol. The molecule has 1 aromatic rings. The summed E-state index contributed by atoms with van der Waals surface area (Å²) in [6.07, 6.45) is 0. The molecule has 2 rings (SSSR count). The van der Waals surface area contributed by atoms with Crippen molar-refractivity contribution in [3.05, 3.63) is 22.4 Å². The van der Waals surface area contributed by atoms with Crippen molar-refractivity contribution in [1.29, 1.82) is 0 Å². The van der Waals surface area contributed by atoms with E-state index in [1.807, 2.05) is 24.4 Å². The third-order valence-electron chi connectivity index (χ3n) is 3.81. The number of hydrogen-bond donors (Lipinski definition) is 1. The van der Waals surface area contributed by atoms with Crippen molar-refractivity contribution in [2.75, 3.05) is 45.5 Å². The highest BCUT2D eigenvalue weighted by atomic mass is 32.2. The van der Waals surface area contributed by atoms with E-state index in [0.29, 0.717) is 6.54 Å². The first-order valence-electron chi connectivity index (χ1n) is 6.93. The Morgan fingerprint density at radius 1 is 1.45 bits per heavy atom. The van der Waals surface area contributed by atoms with Gasteiger partial charge in [-0.3, -0.25) is 4.90 Å². The third-order valence-corrected chi connectivity index (χ3v) is 6.75. The lowest BCUT2D eigenvalue weighted by atomic mass is 10.3. The van der Waals surface area contributed by atoms with E-state index >= 15 is 0 Å². The van der Waals surface area contributed by atoms with Gasteiger partial charge in [0.05, 0.1) is 11.8 Å². The van der Waals surface area contributed by atoms with Gasteiger partial charge in [0.2, 0.25) is 10.0 Å². The van der Waals surface area contributed by atoms with Crippen LogP contribution >= 0.6 is 11.3 Å². The Kier molecular flexibility index (Phi) is 5.57. The summed E-state index contributed by atoms with van der Waals surface area (Å²) >= 11 is 1.60. The zero-order valence-electron chi connectivity index (χ0n) is 12.1. The molecule has 0 amide bonds. The van der Waals surface area contributed by atoms with Crippen LogP contribution < -0.4 is 5.32 Å². The molecule has 1 atom stereocenters. The standard InChI is InChI=1S/C13H23N3O2S2/c1-12(13-4-3-10-19-13)15(2)20(17,18)11-9-16-7-5-14-6-8-16/h3-4,10,12,14H,5-9,11H2,1-2H3. The van der Waals surface area contributed by atoms with Crippen LogP contribution in [0.3, 0.4) is 0 Å². The van der Waals surface area contributed by atoms with E-state index in [2.05, 4.69) is 10.2 Å². The maximum atomic E-state index is 12.4. The van der Waals surface area contributed by atoms with Crippen LogP contribution in [0.15, 0.2) is 17.5 Å². The molecule has 2 heterocycles. The Hall–Kier alpha value is -0.470. The molecule has 1 aromatic heterocycles. The zero-order chi connectivity index (χ0) is 14.6. The van der Waals surface area contributed by atoms with Gasteiger partial charge in [0.1, 0.15) is 0 Å². The maximum absolute atomic E-state index is 12.4. The molecule has 0 spiro atoms. The second kappa shape index (κ2) is 7.00. The molecule has 20 heavy (non-hydrogen) atoms. The molecule has 1 aliphatic heterocycles. The smallest absolute Gasteiger partial charge is 0.215 e. The summed E-state index contributed by atoms with van der Waals surface area (Å²) in [5.74, 6) is 0.194. The van der Waals surface area contributed by atoms with Crippen molar-refractivity contribution in [2.45, 2.75) is 13.0 Å². The molecule has 1 fully saturated rings. The summed E-state index contributed by atoms with van der Waals surface area (Å²) in [6, 6.07) is 3.85. The highest BCUT2D eigenvalue weighted by Gasteiger charge is 2.25. The predicted octanol–water partition coefficient (Wildman–Crippen LogP) is 0.976. The van der Waals surface area contributed by atoms with E-state index in [-0.39, 0.29) is 11.8 Å². The molecule has 1 aliphatic rings. The number of nitrogens with one attached hydrogen (secondary N) is 1.